The number of aliphatic hydroxyl groups is 2. The molecule has 2 aliphatic rings. The lowest BCUT2D eigenvalue weighted by Gasteiger charge is -2.16. The number of fused-ring (bicyclic) bond motifs is 2. The summed E-state index contributed by atoms with van der Waals surface area (Å²) >= 11 is 0. The van der Waals surface area contributed by atoms with Gasteiger partial charge in [0.2, 0.25) is 11.9 Å². The number of hydrogen-bond donors (Lipinski definition) is 8. The first-order valence-electron chi connectivity index (χ1n) is 20.2. The van der Waals surface area contributed by atoms with Crippen LogP contribution in [0.2, 0.25) is 0 Å². The second-order valence-electron chi connectivity index (χ2n) is 15.8. The Morgan fingerprint density at radius 2 is 1.03 bits per heavy atom. The highest BCUT2D eigenvalue weighted by atomic mass is 16.5. The lowest BCUT2D eigenvalue weighted by molar-refractivity contribution is 0.0682. The number of nitrogens with one attached hydrogen (secondary N) is 6. The Morgan fingerprint density at radius 3 is 1.35 bits per heavy atom. The molecule has 60 heavy (non-hydrogen) atoms. The van der Waals surface area contributed by atoms with Crippen LogP contribution < -0.4 is 21.3 Å². The topological polar surface area (TPSA) is 250 Å². The molecule has 6 heterocycles. The number of carbonyl (C=O) groups excluding carboxylic acids is 2. The van der Waals surface area contributed by atoms with Gasteiger partial charge in [0.15, 0.2) is 11.6 Å². The molecule has 316 valence electrons. The number of nitrogens with zero attached hydrogens (tertiary/aromatic N) is 6. The summed E-state index contributed by atoms with van der Waals surface area (Å²) in [5.74, 6) is 1.48. The standard InChI is InChI=1S/2C21H26N6O3/c2*1-4-22-20(28)27-19-25-15-9-12(13-10-23-18(24-11-13)21(2,3)29)8-14(17(15)26-19)16-6-5-7-30-16/h2*8-11,16,29H,4-7H2,1-3H3,(H3,22,25,26,27,28)/t16-;/m1./s1. The Morgan fingerprint density at radius 1 is 0.650 bits per heavy atom. The number of carbonyl (C=O) groups is 2. The number of aromatic amines is 2. The van der Waals surface area contributed by atoms with Gasteiger partial charge in [0.05, 0.1) is 34.3 Å². The number of urea groups is 2. The zero-order valence-electron chi connectivity index (χ0n) is 34.6. The summed E-state index contributed by atoms with van der Waals surface area (Å²) in [4.78, 5) is 56.6. The van der Waals surface area contributed by atoms with Crippen molar-refractivity contribution in [1.82, 2.24) is 50.5 Å². The van der Waals surface area contributed by atoms with Crippen LogP contribution in [0.25, 0.3) is 44.3 Å². The van der Waals surface area contributed by atoms with E-state index in [2.05, 4.69) is 61.1 Å². The summed E-state index contributed by atoms with van der Waals surface area (Å²) in [7, 11) is 0. The van der Waals surface area contributed by atoms with Gasteiger partial charge in [0.1, 0.15) is 11.2 Å². The number of H-pyrrole nitrogens is 2. The number of imidazole rings is 2. The summed E-state index contributed by atoms with van der Waals surface area (Å²) in [6.45, 7) is 12.8. The highest BCUT2D eigenvalue weighted by molar-refractivity contribution is 5.93. The lowest BCUT2D eigenvalue weighted by atomic mass is 9.99. The van der Waals surface area contributed by atoms with Crippen molar-refractivity contribution in [2.24, 2.45) is 0 Å². The number of ether oxygens (including phenoxy) is 2. The van der Waals surface area contributed by atoms with E-state index >= 15 is 0 Å². The molecule has 2 aliphatic heterocycles. The minimum absolute atomic E-state index is 0.0513. The van der Waals surface area contributed by atoms with Crippen LogP contribution in [0.15, 0.2) is 49.1 Å². The average Bonchev–Trinajstić information content (AvgIpc) is 4.05. The maximum atomic E-state index is 11.9. The first-order chi connectivity index (χ1) is 28.7. The van der Waals surface area contributed by atoms with E-state index < -0.39 is 11.2 Å². The highest BCUT2D eigenvalue weighted by Crippen LogP contribution is 2.38. The van der Waals surface area contributed by atoms with Crippen LogP contribution in [-0.4, -0.2) is 88.5 Å². The molecule has 2 fully saturated rings. The maximum absolute atomic E-state index is 11.9. The van der Waals surface area contributed by atoms with Gasteiger partial charge in [-0.15, -0.1) is 0 Å². The van der Waals surface area contributed by atoms with Gasteiger partial charge < -0.3 is 40.3 Å². The van der Waals surface area contributed by atoms with E-state index in [4.69, 9.17) is 9.47 Å². The van der Waals surface area contributed by atoms with E-state index in [0.717, 1.165) is 81.1 Å². The molecule has 0 bridgehead atoms. The van der Waals surface area contributed by atoms with Crippen molar-refractivity contribution in [1.29, 1.82) is 0 Å². The third-order valence-corrected chi connectivity index (χ3v) is 9.99. The number of anilines is 2. The monoisotopic (exact) mass is 820 g/mol. The number of rotatable bonds is 10. The Labute approximate surface area is 346 Å². The van der Waals surface area contributed by atoms with E-state index in [9.17, 15) is 19.8 Å². The Hall–Kier alpha value is -6.08. The van der Waals surface area contributed by atoms with Gasteiger partial charge in [-0.05, 0) is 103 Å². The first kappa shape index (κ1) is 42.1. The third-order valence-electron chi connectivity index (χ3n) is 9.99. The molecular formula is C42H52N12O6. The van der Waals surface area contributed by atoms with Crippen LogP contribution in [0.3, 0.4) is 0 Å². The quantitative estimate of drug-likeness (QED) is 0.0740. The van der Waals surface area contributed by atoms with E-state index in [-0.39, 0.29) is 24.3 Å². The van der Waals surface area contributed by atoms with Crippen molar-refractivity contribution in [2.45, 2.75) is 90.6 Å². The second kappa shape index (κ2) is 17.6. The van der Waals surface area contributed by atoms with Crippen molar-refractivity contribution in [3.05, 3.63) is 71.8 Å². The number of amides is 4. The van der Waals surface area contributed by atoms with Crippen molar-refractivity contribution in [3.8, 4) is 22.3 Å². The zero-order valence-corrected chi connectivity index (χ0v) is 34.6. The van der Waals surface area contributed by atoms with Gasteiger partial charge in [-0.3, -0.25) is 10.6 Å². The largest absolute Gasteiger partial charge is 0.382 e. The second-order valence-corrected chi connectivity index (χ2v) is 15.8. The van der Waals surface area contributed by atoms with Gasteiger partial charge >= 0.3 is 12.1 Å². The molecule has 8 rings (SSSR count). The fraction of sp³-hybridized carbons (Fsp3) is 0.429. The van der Waals surface area contributed by atoms with Crippen molar-refractivity contribution >= 4 is 46.0 Å². The summed E-state index contributed by atoms with van der Waals surface area (Å²) in [6.07, 6.45) is 10.5. The molecule has 0 aliphatic carbocycles. The van der Waals surface area contributed by atoms with Gasteiger partial charge in [-0.25, -0.2) is 39.5 Å². The van der Waals surface area contributed by atoms with Crippen LogP contribution in [0, 0.1) is 0 Å². The molecule has 18 heteroatoms. The smallest absolute Gasteiger partial charge is 0.321 e. The SMILES string of the molecule is CCNC(=O)Nc1nc2c(C3CCCO3)cc(-c3cnc(C(C)(C)O)nc3)cc2[nH]1.CCNC(=O)Nc1nc2c([C@H]3CCCO3)cc(-c3cnc(C(C)(C)O)nc3)cc2[nH]1. The molecule has 0 spiro atoms. The highest BCUT2D eigenvalue weighted by Gasteiger charge is 2.26. The van der Waals surface area contributed by atoms with Gasteiger partial charge in [-0.1, -0.05) is 0 Å². The fourth-order valence-electron chi connectivity index (χ4n) is 7.09. The van der Waals surface area contributed by atoms with Crippen LogP contribution in [0.4, 0.5) is 21.5 Å². The average molecular weight is 821 g/mol. The van der Waals surface area contributed by atoms with Crippen molar-refractivity contribution in [3.63, 3.8) is 0 Å². The summed E-state index contributed by atoms with van der Waals surface area (Å²) < 4.78 is 11.8. The molecule has 4 aromatic heterocycles. The summed E-state index contributed by atoms with van der Waals surface area (Å²) in [5, 5.41) is 31.0. The third kappa shape index (κ3) is 9.68. The van der Waals surface area contributed by atoms with Gasteiger partial charge in [-0.2, -0.15) is 0 Å². The molecule has 2 aromatic carbocycles. The fourth-order valence-corrected chi connectivity index (χ4v) is 7.09. The summed E-state index contributed by atoms with van der Waals surface area (Å²) in [5.41, 5.74) is 6.29. The molecule has 0 radical (unpaired) electrons. The van der Waals surface area contributed by atoms with Gasteiger partial charge in [0, 0.05) is 73.3 Å². The molecule has 6 aromatic rings. The van der Waals surface area contributed by atoms with E-state index in [1.807, 2.05) is 38.1 Å². The maximum Gasteiger partial charge on any atom is 0.321 e. The molecule has 2 saturated heterocycles. The molecular weight excluding hydrogens is 769 g/mol. The van der Waals surface area contributed by atoms with E-state index in [1.54, 1.807) is 52.5 Å². The zero-order chi connectivity index (χ0) is 42.6. The van der Waals surface area contributed by atoms with Gasteiger partial charge in [0.25, 0.3) is 0 Å². The van der Waals surface area contributed by atoms with Crippen LogP contribution in [-0.2, 0) is 20.7 Å². The molecule has 0 saturated carbocycles. The predicted molar refractivity (Wildman–Crippen MR) is 226 cm³/mol. The molecule has 4 amide bonds. The van der Waals surface area contributed by atoms with Crippen molar-refractivity contribution < 1.29 is 29.3 Å². The minimum Gasteiger partial charge on any atom is -0.382 e. The van der Waals surface area contributed by atoms with Crippen LogP contribution in [0.1, 0.15) is 102 Å². The Balaban J connectivity index is 0.000000181. The lowest BCUT2D eigenvalue weighted by Crippen LogP contribution is -2.28. The van der Waals surface area contributed by atoms with E-state index in [0.29, 0.717) is 49.8 Å². The number of aromatic nitrogens is 8. The minimum atomic E-state index is -1.10. The molecule has 1 unspecified atom stereocenters. The summed E-state index contributed by atoms with van der Waals surface area (Å²) in [6, 6.07) is 7.35. The molecule has 2 atom stereocenters. The predicted octanol–water partition coefficient (Wildman–Crippen LogP) is 6.48. The van der Waals surface area contributed by atoms with Crippen LogP contribution in [0.5, 0.6) is 0 Å². The molecule has 18 nitrogen and oxygen atoms in total. The number of benzene rings is 2. The Bertz CT molecular complexity index is 2270. The number of hydrogen-bond acceptors (Lipinski definition) is 12. The molecule has 8 N–H and O–H groups in total. The normalized spacial score (nSPS) is 16.7. The van der Waals surface area contributed by atoms with E-state index in [1.165, 1.54) is 0 Å². The first-order valence-corrected chi connectivity index (χ1v) is 20.2. The van der Waals surface area contributed by atoms with Crippen molar-refractivity contribution in [2.75, 3.05) is 36.9 Å². The Kier molecular flexibility index (Phi) is 12.4. The van der Waals surface area contributed by atoms with Crippen LogP contribution >= 0.6 is 0 Å².